The molecule has 0 amide bonds. The van der Waals surface area contributed by atoms with E-state index in [1.807, 2.05) is 6.92 Å². The molecule has 1 nitrogen and oxygen atoms in total. The van der Waals surface area contributed by atoms with E-state index in [0.29, 0.717) is 0 Å². The van der Waals surface area contributed by atoms with E-state index >= 15 is 0 Å². The minimum absolute atomic E-state index is 0.372. The van der Waals surface area contributed by atoms with Crippen LogP contribution in [0, 0.1) is 29.6 Å². The van der Waals surface area contributed by atoms with Crippen molar-refractivity contribution in [3.8, 4) is 0 Å². The lowest BCUT2D eigenvalue weighted by molar-refractivity contribution is -0.0613. The zero-order valence-corrected chi connectivity index (χ0v) is 12.8. The van der Waals surface area contributed by atoms with Gasteiger partial charge in [0.2, 0.25) is 0 Å². The first-order chi connectivity index (χ1) is 8.44. The largest absolute Gasteiger partial charge is 0.390 e. The number of fused-ring (bicyclic) bond motifs is 1. The fourth-order valence-electron chi connectivity index (χ4n) is 5.00. The molecule has 2 unspecified atom stereocenters. The maximum Gasteiger partial charge on any atom is 0.0622 e. The highest BCUT2D eigenvalue weighted by molar-refractivity contribution is 4.94. The Kier molecular flexibility index (Phi) is 4.41. The Labute approximate surface area is 113 Å². The third-order valence-corrected chi connectivity index (χ3v) is 6.02. The molecule has 0 aromatic rings. The van der Waals surface area contributed by atoms with E-state index in [2.05, 4.69) is 20.8 Å². The molecule has 2 aliphatic carbocycles. The lowest BCUT2D eigenvalue weighted by Gasteiger charge is -2.49. The molecule has 6 atom stereocenters. The lowest BCUT2D eigenvalue weighted by Crippen LogP contribution is -2.44. The van der Waals surface area contributed by atoms with Crippen LogP contribution in [0.25, 0.3) is 0 Å². The molecule has 0 spiro atoms. The van der Waals surface area contributed by atoms with Gasteiger partial charge in [0.15, 0.2) is 0 Å². The van der Waals surface area contributed by atoms with E-state index in [1.165, 1.54) is 32.1 Å². The average molecular weight is 252 g/mol. The summed E-state index contributed by atoms with van der Waals surface area (Å²) in [4.78, 5) is 0. The molecule has 1 heteroatoms. The van der Waals surface area contributed by atoms with Crippen LogP contribution in [-0.4, -0.2) is 10.7 Å². The predicted molar refractivity (Wildman–Crippen MR) is 77.4 cm³/mol. The highest BCUT2D eigenvalue weighted by Gasteiger charge is 2.44. The van der Waals surface area contributed by atoms with Crippen LogP contribution in [0.2, 0.25) is 0 Å². The molecule has 106 valence electrons. The Morgan fingerprint density at radius 3 is 2.67 bits per heavy atom. The summed E-state index contributed by atoms with van der Waals surface area (Å²) < 4.78 is 0. The zero-order valence-electron chi connectivity index (χ0n) is 12.8. The van der Waals surface area contributed by atoms with Gasteiger partial charge in [0.1, 0.15) is 0 Å². The quantitative estimate of drug-likeness (QED) is 0.776. The van der Waals surface area contributed by atoms with Crippen LogP contribution in [0.3, 0.4) is 0 Å². The van der Waals surface area contributed by atoms with E-state index in [9.17, 15) is 5.11 Å². The Morgan fingerprint density at radius 2 is 2.00 bits per heavy atom. The fourth-order valence-corrected chi connectivity index (χ4v) is 5.00. The molecule has 0 aromatic heterocycles. The molecule has 0 saturated heterocycles. The molecule has 0 heterocycles. The van der Waals surface area contributed by atoms with Gasteiger partial charge in [0.25, 0.3) is 0 Å². The number of aliphatic hydroxyl groups is 1. The van der Waals surface area contributed by atoms with E-state index in [0.717, 1.165) is 42.4 Å². The molecule has 1 N–H and O–H groups in total. The lowest BCUT2D eigenvalue weighted by atomic mass is 9.57. The van der Waals surface area contributed by atoms with Crippen molar-refractivity contribution >= 4 is 0 Å². The Morgan fingerprint density at radius 1 is 1.28 bits per heavy atom. The molecular formula is C17H32O. The van der Waals surface area contributed by atoms with Gasteiger partial charge in [-0.2, -0.15) is 0 Å². The van der Waals surface area contributed by atoms with Crippen molar-refractivity contribution in [2.24, 2.45) is 29.6 Å². The van der Waals surface area contributed by atoms with Gasteiger partial charge in [0.05, 0.1) is 5.60 Å². The van der Waals surface area contributed by atoms with Crippen molar-refractivity contribution in [1.82, 2.24) is 0 Å². The molecular weight excluding hydrogens is 220 g/mol. The van der Waals surface area contributed by atoms with E-state index < -0.39 is 0 Å². The van der Waals surface area contributed by atoms with Crippen LogP contribution < -0.4 is 0 Å². The van der Waals surface area contributed by atoms with Crippen LogP contribution in [0.4, 0.5) is 0 Å². The summed E-state index contributed by atoms with van der Waals surface area (Å²) >= 11 is 0. The second kappa shape index (κ2) is 5.53. The molecule has 0 aromatic carbocycles. The first-order valence-corrected chi connectivity index (χ1v) is 8.17. The Balaban J connectivity index is 2.00. The second-order valence-corrected chi connectivity index (χ2v) is 7.53. The topological polar surface area (TPSA) is 20.2 Å². The van der Waals surface area contributed by atoms with Gasteiger partial charge in [-0.1, -0.05) is 33.6 Å². The SMILES string of the molecule is CCC[C@H](C)[C@@H]1CC[C@H]2C[C@](C)(O)CCC2C1C. The summed E-state index contributed by atoms with van der Waals surface area (Å²) in [6.45, 7) is 9.31. The number of rotatable bonds is 3. The normalized spacial score (nSPS) is 46.5. The van der Waals surface area contributed by atoms with Crippen molar-refractivity contribution in [1.29, 1.82) is 0 Å². The van der Waals surface area contributed by atoms with Gasteiger partial charge >= 0.3 is 0 Å². The molecule has 0 aliphatic heterocycles. The first kappa shape index (κ1) is 14.4. The van der Waals surface area contributed by atoms with Crippen LogP contribution in [-0.2, 0) is 0 Å². The highest BCUT2D eigenvalue weighted by Crippen LogP contribution is 2.50. The Bertz CT molecular complexity index is 271. The van der Waals surface area contributed by atoms with Crippen LogP contribution in [0.5, 0.6) is 0 Å². The van der Waals surface area contributed by atoms with Crippen LogP contribution >= 0.6 is 0 Å². The summed E-state index contributed by atoms with van der Waals surface area (Å²) in [5.74, 6) is 4.40. The van der Waals surface area contributed by atoms with Gasteiger partial charge in [-0.15, -0.1) is 0 Å². The second-order valence-electron chi connectivity index (χ2n) is 7.53. The molecule has 0 bridgehead atoms. The molecule has 0 radical (unpaired) electrons. The van der Waals surface area contributed by atoms with Crippen LogP contribution in [0.1, 0.15) is 72.6 Å². The standard InChI is InChI=1S/C17H32O/c1-5-6-12(2)15-8-7-14-11-17(4,18)10-9-16(14)13(15)3/h12-16,18H,5-11H2,1-4H3/t12-,13?,14-,15-,16?,17+/m0/s1. The van der Waals surface area contributed by atoms with Gasteiger partial charge in [-0.3, -0.25) is 0 Å². The van der Waals surface area contributed by atoms with Gasteiger partial charge in [-0.25, -0.2) is 0 Å². The summed E-state index contributed by atoms with van der Waals surface area (Å²) in [5.41, 5.74) is -0.372. The van der Waals surface area contributed by atoms with E-state index in [4.69, 9.17) is 0 Å². The van der Waals surface area contributed by atoms with E-state index in [1.54, 1.807) is 0 Å². The number of hydrogen-bond donors (Lipinski definition) is 1. The van der Waals surface area contributed by atoms with Gasteiger partial charge in [0, 0.05) is 0 Å². The molecule has 2 rings (SSSR count). The fraction of sp³-hybridized carbons (Fsp3) is 1.00. The van der Waals surface area contributed by atoms with Crippen molar-refractivity contribution in [2.45, 2.75) is 78.2 Å². The number of hydrogen-bond acceptors (Lipinski definition) is 1. The van der Waals surface area contributed by atoms with Crippen molar-refractivity contribution in [3.63, 3.8) is 0 Å². The summed E-state index contributed by atoms with van der Waals surface area (Å²) in [6, 6.07) is 0. The summed E-state index contributed by atoms with van der Waals surface area (Å²) in [7, 11) is 0. The average Bonchev–Trinajstić information content (AvgIpc) is 2.28. The molecule has 18 heavy (non-hydrogen) atoms. The minimum atomic E-state index is -0.372. The van der Waals surface area contributed by atoms with Crippen LogP contribution in [0.15, 0.2) is 0 Å². The summed E-state index contributed by atoms with van der Waals surface area (Å²) in [6.07, 6.45) is 8.82. The molecule has 2 aliphatic rings. The van der Waals surface area contributed by atoms with Crippen molar-refractivity contribution in [2.75, 3.05) is 0 Å². The first-order valence-electron chi connectivity index (χ1n) is 8.17. The van der Waals surface area contributed by atoms with Gasteiger partial charge < -0.3 is 5.11 Å². The Hall–Kier alpha value is -0.0400. The molecule has 2 fully saturated rings. The van der Waals surface area contributed by atoms with E-state index in [-0.39, 0.29) is 5.60 Å². The smallest absolute Gasteiger partial charge is 0.0622 e. The zero-order chi connectivity index (χ0) is 13.3. The van der Waals surface area contributed by atoms with Crippen molar-refractivity contribution < 1.29 is 5.11 Å². The third kappa shape index (κ3) is 2.92. The van der Waals surface area contributed by atoms with Crippen molar-refractivity contribution in [3.05, 3.63) is 0 Å². The highest BCUT2D eigenvalue weighted by atomic mass is 16.3. The predicted octanol–water partition coefficient (Wildman–Crippen LogP) is 4.64. The maximum atomic E-state index is 10.3. The molecule has 2 saturated carbocycles. The minimum Gasteiger partial charge on any atom is -0.390 e. The van der Waals surface area contributed by atoms with Gasteiger partial charge in [-0.05, 0) is 68.6 Å². The maximum absolute atomic E-state index is 10.3. The summed E-state index contributed by atoms with van der Waals surface area (Å²) in [5, 5.41) is 10.3. The third-order valence-electron chi connectivity index (χ3n) is 6.02. The monoisotopic (exact) mass is 252 g/mol.